The number of fused-ring (bicyclic) bond motifs is 1. The zero-order valence-corrected chi connectivity index (χ0v) is 10.7. The van der Waals surface area contributed by atoms with Gasteiger partial charge in [-0.25, -0.2) is 0 Å². The number of benzene rings is 1. The average Bonchev–Trinajstić information content (AvgIpc) is 2.78. The van der Waals surface area contributed by atoms with Crippen LogP contribution >= 0.6 is 11.3 Å². The fourth-order valence-corrected chi connectivity index (χ4v) is 2.61. The number of methoxy groups -OCH3 is 2. The molecule has 2 rings (SSSR count). The Hall–Kier alpha value is -1.75. The summed E-state index contributed by atoms with van der Waals surface area (Å²) in [6.07, 6.45) is 0. The molecule has 0 bridgehead atoms. The van der Waals surface area contributed by atoms with Crippen molar-refractivity contribution in [1.82, 2.24) is 0 Å². The Morgan fingerprint density at radius 1 is 1.18 bits per heavy atom. The van der Waals surface area contributed by atoms with Crippen LogP contribution in [0.15, 0.2) is 23.4 Å². The third kappa shape index (κ3) is 2.06. The van der Waals surface area contributed by atoms with Gasteiger partial charge in [0.15, 0.2) is 11.5 Å². The molecule has 0 aliphatic carbocycles. The quantitative estimate of drug-likeness (QED) is 0.518. The van der Waals surface area contributed by atoms with Crippen molar-refractivity contribution in [3.8, 4) is 11.5 Å². The van der Waals surface area contributed by atoms with Crippen molar-refractivity contribution in [1.29, 1.82) is 0 Å². The van der Waals surface area contributed by atoms with Gasteiger partial charge in [-0.2, -0.15) is 0 Å². The van der Waals surface area contributed by atoms with Crippen molar-refractivity contribution in [2.75, 3.05) is 14.2 Å². The molecule has 0 unspecified atom stereocenters. The molecular formula is C12H13NO3S. The highest BCUT2D eigenvalue weighted by atomic mass is 32.1. The van der Waals surface area contributed by atoms with Gasteiger partial charge in [0.2, 0.25) is 0 Å². The Bertz CT molecular complexity index is 533. The zero-order chi connectivity index (χ0) is 12.4. The van der Waals surface area contributed by atoms with Gasteiger partial charge in [0.1, 0.15) is 0 Å². The summed E-state index contributed by atoms with van der Waals surface area (Å²) >= 11 is 1.55. The maximum absolute atomic E-state index is 8.76. The fraction of sp³-hybridized carbons (Fsp3) is 0.250. The molecule has 90 valence electrons. The minimum atomic E-state index is 0.601. The monoisotopic (exact) mass is 251 g/mol. The lowest BCUT2D eigenvalue weighted by atomic mass is 10.2. The molecule has 0 atom stereocenters. The Balaban J connectivity index is 2.61. The molecule has 5 heteroatoms. The van der Waals surface area contributed by atoms with Crippen LogP contribution in [0.4, 0.5) is 0 Å². The standard InChI is InChI=1S/C12H13NO3S/c1-7(13-14)11-5-8-4-9(15-2)10(16-3)6-12(8)17-11/h4-6,14H,1-3H3/b13-7-. The highest BCUT2D eigenvalue weighted by molar-refractivity contribution is 7.20. The smallest absolute Gasteiger partial charge is 0.162 e. The summed E-state index contributed by atoms with van der Waals surface area (Å²) in [5, 5.41) is 13.0. The number of hydrogen-bond acceptors (Lipinski definition) is 5. The van der Waals surface area contributed by atoms with E-state index in [0.29, 0.717) is 17.2 Å². The van der Waals surface area contributed by atoms with Crippen LogP contribution < -0.4 is 9.47 Å². The first-order valence-corrected chi connectivity index (χ1v) is 5.86. The SMILES string of the molecule is COc1cc2cc(/C(C)=N\O)sc2cc1OC. The number of oxime groups is 1. The first-order valence-electron chi connectivity index (χ1n) is 5.04. The predicted octanol–water partition coefficient (Wildman–Crippen LogP) is 3.12. The van der Waals surface area contributed by atoms with Crippen LogP contribution in [-0.4, -0.2) is 25.1 Å². The van der Waals surface area contributed by atoms with Crippen molar-refractivity contribution in [3.63, 3.8) is 0 Å². The molecule has 0 saturated carbocycles. The van der Waals surface area contributed by atoms with E-state index in [0.717, 1.165) is 15.0 Å². The molecule has 0 fully saturated rings. The normalized spacial score (nSPS) is 11.8. The first kappa shape index (κ1) is 11.7. The lowest BCUT2D eigenvalue weighted by Crippen LogP contribution is -1.89. The molecule has 0 radical (unpaired) electrons. The van der Waals surface area contributed by atoms with Crippen molar-refractivity contribution < 1.29 is 14.7 Å². The summed E-state index contributed by atoms with van der Waals surface area (Å²) in [4.78, 5) is 0.929. The Kier molecular flexibility index (Phi) is 3.19. The van der Waals surface area contributed by atoms with E-state index in [4.69, 9.17) is 14.7 Å². The van der Waals surface area contributed by atoms with E-state index in [1.54, 1.807) is 32.5 Å². The second-order valence-electron chi connectivity index (χ2n) is 3.54. The minimum Gasteiger partial charge on any atom is -0.493 e. The summed E-state index contributed by atoms with van der Waals surface area (Å²) in [5.74, 6) is 1.40. The van der Waals surface area contributed by atoms with Crippen LogP contribution in [0.2, 0.25) is 0 Å². The molecule has 0 aliphatic rings. The highest BCUT2D eigenvalue weighted by Gasteiger charge is 2.10. The molecule has 17 heavy (non-hydrogen) atoms. The summed E-state index contributed by atoms with van der Waals surface area (Å²) in [5.41, 5.74) is 0.601. The molecule has 0 saturated heterocycles. The molecule has 1 aromatic heterocycles. The minimum absolute atomic E-state index is 0.601. The van der Waals surface area contributed by atoms with Crippen LogP contribution in [0.3, 0.4) is 0 Å². The Morgan fingerprint density at radius 3 is 2.41 bits per heavy atom. The van der Waals surface area contributed by atoms with E-state index < -0.39 is 0 Å². The van der Waals surface area contributed by atoms with Crippen molar-refractivity contribution in [2.24, 2.45) is 5.16 Å². The van der Waals surface area contributed by atoms with E-state index in [9.17, 15) is 0 Å². The van der Waals surface area contributed by atoms with Crippen molar-refractivity contribution in [3.05, 3.63) is 23.1 Å². The molecule has 1 aromatic carbocycles. The maximum Gasteiger partial charge on any atom is 0.162 e. The number of thiophene rings is 1. The Labute approximate surface area is 103 Å². The predicted molar refractivity (Wildman–Crippen MR) is 68.9 cm³/mol. The first-order chi connectivity index (χ1) is 8.19. The molecular weight excluding hydrogens is 238 g/mol. The zero-order valence-electron chi connectivity index (χ0n) is 9.85. The summed E-state index contributed by atoms with van der Waals surface area (Å²) < 4.78 is 11.6. The molecule has 1 N–H and O–H groups in total. The Morgan fingerprint density at radius 2 is 1.82 bits per heavy atom. The number of rotatable bonds is 3. The average molecular weight is 251 g/mol. The lowest BCUT2D eigenvalue weighted by Gasteiger charge is -2.06. The van der Waals surface area contributed by atoms with Gasteiger partial charge in [-0.15, -0.1) is 11.3 Å². The topological polar surface area (TPSA) is 51.0 Å². The van der Waals surface area contributed by atoms with Crippen LogP contribution in [0, 0.1) is 0 Å². The van der Waals surface area contributed by atoms with E-state index in [2.05, 4.69) is 5.16 Å². The summed E-state index contributed by atoms with van der Waals surface area (Å²) in [6, 6.07) is 5.81. The van der Waals surface area contributed by atoms with Gasteiger partial charge in [-0.05, 0) is 24.4 Å². The molecule has 4 nitrogen and oxygen atoms in total. The van der Waals surface area contributed by atoms with Gasteiger partial charge in [0.05, 0.1) is 24.8 Å². The highest BCUT2D eigenvalue weighted by Crippen LogP contribution is 2.36. The number of nitrogens with zero attached hydrogens (tertiary/aromatic N) is 1. The maximum atomic E-state index is 8.76. The van der Waals surface area contributed by atoms with E-state index >= 15 is 0 Å². The lowest BCUT2D eigenvalue weighted by molar-refractivity contribution is 0.319. The van der Waals surface area contributed by atoms with Crippen LogP contribution in [-0.2, 0) is 0 Å². The van der Waals surface area contributed by atoms with Crippen LogP contribution in [0.25, 0.3) is 10.1 Å². The van der Waals surface area contributed by atoms with Gasteiger partial charge in [0.25, 0.3) is 0 Å². The molecule has 0 spiro atoms. The molecule has 0 aliphatic heterocycles. The summed E-state index contributed by atoms with van der Waals surface area (Å²) in [7, 11) is 3.22. The van der Waals surface area contributed by atoms with Crippen molar-refractivity contribution >= 4 is 27.1 Å². The second kappa shape index (κ2) is 4.63. The van der Waals surface area contributed by atoms with Gasteiger partial charge in [-0.3, -0.25) is 0 Å². The van der Waals surface area contributed by atoms with E-state index in [1.165, 1.54) is 0 Å². The van der Waals surface area contributed by atoms with Crippen LogP contribution in [0.5, 0.6) is 11.5 Å². The van der Waals surface area contributed by atoms with Gasteiger partial charge >= 0.3 is 0 Å². The second-order valence-corrected chi connectivity index (χ2v) is 4.62. The summed E-state index contributed by atoms with van der Waals surface area (Å²) in [6.45, 7) is 1.76. The number of ether oxygens (including phenoxy) is 2. The molecule has 0 amide bonds. The van der Waals surface area contributed by atoms with Crippen molar-refractivity contribution in [2.45, 2.75) is 6.92 Å². The number of hydrogen-bond donors (Lipinski definition) is 1. The van der Waals surface area contributed by atoms with E-state index in [-0.39, 0.29) is 0 Å². The third-order valence-corrected chi connectivity index (χ3v) is 3.74. The fourth-order valence-electron chi connectivity index (χ4n) is 1.59. The van der Waals surface area contributed by atoms with Crippen LogP contribution in [0.1, 0.15) is 11.8 Å². The largest absolute Gasteiger partial charge is 0.493 e. The molecule has 1 heterocycles. The third-order valence-electron chi connectivity index (χ3n) is 2.53. The molecule has 2 aromatic rings. The van der Waals surface area contributed by atoms with E-state index in [1.807, 2.05) is 18.2 Å². The van der Waals surface area contributed by atoms with Gasteiger partial charge in [0, 0.05) is 10.8 Å². The van der Waals surface area contributed by atoms with Gasteiger partial charge in [-0.1, -0.05) is 5.16 Å². The van der Waals surface area contributed by atoms with Gasteiger partial charge < -0.3 is 14.7 Å².